The third-order valence-electron chi connectivity index (χ3n) is 6.33. The number of rotatable bonds is 7. The molecule has 5 nitrogen and oxygen atoms in total. The molecule has 1 saturated heterocycles. The van der Waals surface area contributed by atoms with Crippen molar-refractivity contribution in [3.05, 3.63) is 82.9 Å². The van der Waals surface area contributed by atoms with Gasteiger partial charge in [-0.15, -0.1) is 0 Å². The minimum atomic E-state index is -4.89. The number of ether oxygens (including phenoxy) is 1. The summed E-state index contributed by atoms with van der Waals surface area (Å²) in [6, 6.07) is 11.2. The topological polar surface area (TPSA) is 54.0 Å². The van der Waals surface area contributed by atoms with Crippen LogP contribution in [0, 0.1) is 0 Å². The second-order valence-corrected chi connectivity index (χ2v) is 8.76. The minimum absolute atomic E-state index is 0.124. The lowest BCUT2D eigenvalue weighted by Gasteiger charge is -2.42. The summed E-state index contributed by atoms with van der Waals surface area (Å²) in [4.78, 5) is 6.36. The first kappa shape index (κ1) is 25.2. The number of likely N-dealkylation sites (tertiary alicyclic amines) is 1. The molecular formula is C24H24F6N4O. The van der Waals surface area contributed by atoms with Crippen molar-refractivity contribution in [2.75, 3.05) is 19.7 Å². The van der Waals surface area contributed by atoms with Gasteiger partial charge < -0.3 is 4.74 Å². The van der Waals surface area contributed by atoms with E-state index in [2.05, 4.69) is 20.1 Å². The summed E-state index contributed by atoms with van der Waals surface area (Å²) in [5.74, 6) is 0.749. The Labute approximate surface area is 198 Å². The smallest absolute Gasteiger partial charge is 0.376 e. The first-order valence-corrected chi connectivity index (χ1v) is 11.0. The zero-order chi connectivity index (χ0) is 25.1. The molecule has 0 bridgehead atoms. The van der Waals surface area contributed by atoms with Crippen LogP contribution in [0.2, 0.25) is 0 Å². The maximum Gasteiger partial charge on any atom is 0.416 e. The number of nitrogens with zero attached hydrogens (tertiary/aromatic N) is 3. The maximum atomic E-state index is 13.2. The Kier molecular flexibility index (Phi) is 7.18. The van der Waals surface area contributed by atoms with Crippen LogP contribution >= 0.6 is 0 Å². The van der Waals surface area contributed by atoms with E-state index in [1.807, 2.05) is 30.3 Å². The third-order valence-corrected chi connectivity index (χ3v) is 6.33. The zero-order valence-electron chi connectivity index (χ0n) is 18.7. The van der Waals surface area contributed by atoms with E-state index in [1.165, 1.54) is 6.33 Å². The number of piperidine rings is 1. The predicted octanol–water partition coefficient (Wildman–Crippen LogP) is 5.59. The molecule has 35 heavy (non-hydrogen) atoms. The zero-order valence-corrected chi connectivity index (χ0v) is 18.7. The molecule has 0 spiro atoms. The highest BCUT2D eigenvalue weighted by Gasteiger charge is 2.38. The van der Waals surface area contributed by atoms with Crippen LogP contribution in [0.3, 0.4) is 0 Å². The molecule has 1 aliphatic heterocycles. The Balaban J connectivity index is 1.49. The Morgan fingerprint density at radius 2 is 1.54 bits per heavy atom. The molecule has 3 aromatic rings. The van der Waals surface area contributed by atoms with Gasteiger partial charge in [-0.2, -0.15) is 31.4 Å². The normalized spacial score (nSPS) is 17.0. The fraction of sp³-hybridized carbons (Fsp3) is 0.417. The Morgan fingerprint density at radius 1 is 0.914 bits per heavy atom. The summed E-state index contributed by atoms with van der Waals surface area (Å²) in [5.41, 5.74) is -2.24. The van der Waals surface area contributed by atoms with Gasteiger partial charge in [0.15, 0.2) is 0 Å². The number of nitrogens with one attached hydrogen (secondary N) is 1. The number of halogens is 6. The fourth-order valence-electron chi connectivity index (χ4n) is 4.43. The van der Waals surface area contributed by atoms with Crippen molar-refractivity contribution in [3.8, 4) is 0 Å². The number of hydrogen-bond acceptors (Lipinski definition) is 4. The van der Waals surface area contributed by atoms with Crippen molar-refractivity contribution < 1.29 is 31.1 Å². The molecule has 188 valence electrons. The average Bonchev–Trinajstić information content (AvgIpc) is 3.33. The first-order valence-electron chi connectivity index (χ1n) is 11.0. The summed E-state index contributed by atoms with van der Waals surface area (Å²) in [7, 11) is 0. The van der Waals surface area contributed by atoms with Gasteiger partial charge in [-0.05, 0) is 55.3 Å². The van der Waals surface area contributed by atoms with Crippen LogP contribution in [-0.4, -0.2) is 39.8 Å². The maximum absolute atomic E-state index is 13.2. The lowest BCUT2D eigenvalue weighted by atomic mass is 9.73. The van der Waals surface area contributed by atoms with Crippen LogP contribution < -0.4 is 0 Å². The first-order chi connectivity index (χ1) is 16.6. The summed E-state index contributed by atoms with van der Waals surface area (Å²) >= 11 is 0. The predicted molar refractivity (Wildman–Crippen MR) is 115 cm³/mol. The molecule has 2 heterocycles. The molecule has 0 unspecified atom stereocenters. The van der Waals surface area contributed by atoms with Crippen LogP contribution in [0.5, 0.6) is 0 Å². The van der Waals surface area contributed by atoms with E-state index < -0.39 is 28.9 Å². The summed E-state index contributed by atoms with van der Waals surface area (Å²) in [6.45, 7) is 1.87. The van der Waals surface area contributed by atoms with Gasteiger partial charge in [-0.25, -0.2) is 4.98 Å². The quantitative estimate of drug-likeness (QED) is 0.432. The number of H-pyrrole nitrogens is 1. The van der Waals surface area contributed by atoms with Crippen LogP contribution in [-0.2, 0) is 35.7 Å². The fourth-order valence-corrected chi connectivity index (χ4v) is 4.43. The lowest BCUT2D eigenvalue weighted by Crippen LogP contribution is -2.45. The number of alkyl halides is 6. The monoisotopic (exact) mass is 498 g/mol. The summed E-state index contributed by atoms with van der Waals surface area (Å²) < 4.78 is 84.9. The second kappa shape index (κ2) is 9.98. The highest BCUT2D eigenvalue weighted by Crippen LogP contribution is 2.38. The van der Waals surface area contributed by atoms with E-state index in [0.717, 1.165) is 24.5 Å². The Bertz CT molecular complexity index is 1060. The van der Waals surface area contributed by atoms with Gasteiger partial charge in [0.1, 0.15) is 12.2 Å². The van der Waals surface area contributed by atoms with Crippen molar-refractivity contribution in [1.82, 2.24) is 20.1 Å². The van der Waals surface area contributed by atoms with Crippen LogP contribution in [0.4, 0.5) is 26.3 Å². The molecule has 11 heteroatoms. The lowest BCUT2D eigenvalue weighted by molar-refractivity contribution is -0.143. The molecule has 0 atom stereocenters. The van der Waals surface area contributed by atoms with Crippen molar-refractivity contribution in [3.63, 3.8) is 0 Å². The van der Waals surface area contributed by atoms with Gasteiger partial charge in [0.25, 0.3) is 0 Å². The van der Waals surface area contributed by atoms with Crippen molar-refractivity contribution >= 4 is 0 Å². The Hall–Kier alpha value is -2.92. The molecular weight excluding hydrogens is 474 g/mol. The Morgan fingerprint density at radius 3 is 2.09 bits per heavy atom. The van der Waals surface area contributed by atoms with Crippen molar-refractivity contribution in [2.45, 2.75) is 43.8 Å². The van der Waals surface area contributed by atoms with Crippen LogP contribution in [0.15, 0.2) is 54.9 Å². The van der Waals surface area contributed by atoms with Crippen LogP contribution in [0.25, 0.3) is 0 Å². The molecule has 2 aromatic carbocycles. The van der Waals surface area contributed by atoms with E-state index >= 15 is 0 Å². The number of benzene rings is 2. The van der Waals surface area contributed by atoms with Gasteiger partial charge in [0, 0.05) is 5.41 Å². The summed E-state index contributed by atoms with van der Waals surface area (Å²) in [6.07, 6.45) is -6.92. The number of aromatic amines is 1. The standard InChI is InChI=1S/C24H24F6N4O/c25-23(26,27)19-10-17(11-20(12-19)24(28,29)30)14-35-15-22(18-4-2-1-3-5-18)6-8-34(9-7-22)13-21-31-16-32-33-21/h1-5,10-12,16H,6-9,13-15H2,(H,31,32,33). The van der Waals surface area contributed by atoms with Gasteiger partial charge >= 0.3 is 12.4 Å². The molecule has 0 radical (unpaired) electrons. The molecule has 0 amide bonds. The van der Waals surface area contributed by atoms with E-state index in [9.17, 15) is 26.3 Å². The highest BCUT2D eigenvalue weighted by molar-refractivity contribution is 5.33. The second-order valence-electron chi connectivity index (χ2n) is 8.76. The van der Waals surface area contributed by atoms with Crippen LogP contribution in [0.1, 0.15) is 40.9 Å². The number of hydrogen-bond donors (Lipinski definition) is 1. The summed E-state index contributed by atoms with van der Waals surface area (Å²) in [5, 5.41) is 6.68. The van der Waals surface area contributed by atoms with Crippen molar-refractivity contribution in [2.24, 2.45) is 0 Å². The molecule has 4 rings (SSSR count). The molecule has 1 N–H and O–H groups in total. The molecule has 0 saturated carbocycles. The highest BCUT2D eigenvalue weighted by atomic mass is 19.4. The van der Waals surface area contributed by atoms with Gasteiger partial charge in [0.05, 0.1) is 30.9 Å². The SMILES string of the molecule is FC(F)(F)c1cc(COCC2(c3ccccc3)CCN(Cc3ncn[nH]3)CC2)cc(C(F)(F)F)c1. The van der Waals surface area contributed by atoms with E-state index in [0.29, 0.717) is 31.5 Å². The third kappa shape index (κ3) is 6.21. The minimum Gasteiger partial charge on any atom is -0.376 e. The average molecular weight is 498 g/mol. The molecule has 0 aliphatic carbocycles. The largest absolute Gasteiger partial charge is 0.416 e. The van der Waals surface area contributed by atoms with E-state index in [-0.39, 0.29) is 24.8 Å². The van der Waals surface area contributed by atoms with Gasteiger partial charge in [-0.1, -0.05) is 30.3 Å². The van der Waals surface area contributed by atoms with E-state index in [1.54, 1.807) is 0 Å². The molecule has 1 fully saturated rings. The molecule has 1 aliphatic rings. The van der Waals surface area contributed by atoms with E-state index in [4.69, 9.17) is 4.74 Å². The molecule has 1 aromatic heterocycles. The van der Waals surface area contributed by atoms with Gasteiger partial charge in [-0.3, -0.25) is 10.00 Å². The van der Waals surface area contributed by atoms with Gasteiger partial charge in [0.2, 0.25) is 0 Å². The number of aromatic nitrogens is 3. The van der Waals surface area contributed by atoms with Crippen molar-refractivity contribution in [1.29, 1.82) is 0 Å².